The van der Waals surface area contributed by atoms with Gasteiger partial charge in [-0.25, -0.2) is 4.79 Å². The second kappa shape index (κ2) is 5.24. The van der Waals surface area contributed by atoms with E-state index in [1.165, 1.54) is 18.3 Å². The second-order valence-corrected chi connectivity index (χ2v) is 5.30. The molecule has 24 heavy (non-hydrogen) atoms. The maximum Gasteiger partial charge on any atom is 0.350 e. The normalized spacial score (nSPS) is 11.7. The third-order valence-electron chi connectivity index (χ3n) is 3.75. The van der Waals surface area contributed by atoms with Crippen molar-refractivity contribution in [3.63, 3.8) is 0 Å². The Bertz CT molecular complexity index is 1200. The molecule has 4 rings (SSSR count). The van der Waals surface area contributed by atoms with Crippen molar-refractivity contribution < 1.29 is 5.11 Å². The summed E-state index contributed by atoms with van der Waals surface area (Å²) < 4.78 is 0.768. The number of hydrogen-bond donors (Lipinski definition) is 3. The van der Waals surface area contributed by atoms with Crippen LogP contribution in [-0.2, 0) is 0 Å². The molecule has 0 fully saturated rings. The molecule has 0 aliphatic heterocycles. The third kappa shape index (κ3) is 2.19. The number of aromatic nitrogens is 3. The van der Waals surface area contributed by atoms with Gasteiger partial charge in [0.1, 0.15) is 11.3 Å². The molecular weight excluding hydrogens is 308 g/mol. The van der Waals surface area contributed by atoms with Crippen LogP contribution in [0.25, 0.3) is 21.9 Å². The number of aromatic hydroxyl groups is 1. The van der Waals surface area contributed by atoms with Gasteiger partial charge in [0, 0.05) is 10.9 Å². The van der Waals surface area contributed by atoms with Gasteiger partial charge in [-0.3, -0.25) is 4.79 Å². The van der Waals surface area contributed by atoms with Crippen LogP contribution in [0.3, 0.4) is 0 Å². The molecule has 7 nitrogen and oxygen atoms in total. The molecule has 2 heterocycles. The number of fused-ring (bicyclic) bond motifs is 3. The molecule has 118 valence electrons. The molecule has 2 aromatic carbocycles. The van der Waals surface area contributed by atoms with Gasteiger partial charge in [-0.1, -0.05) is 18.2 Å². The minimum Gasteiger partial charge on any atom is -0.508 e. The molecule has 4 aromatic rings. The number of aromatic amines is 2. The van der Waals surface area contributed by atoms with E-state index in [1.54, 1.807) is 12.1 Å². The van der Waals surface area contributed by atoms with Gasteiger partial charge in [0.15, 0.2) is 0 Å². The first-order chi connectivity index (χ1) is 11.6. The van der Waals surface area contributed by atoms with Crippen LogP contribution >= 0.6 is 0 Å². The average Bonchev–Trinajstić information content (AvgIpc) is 2.95. The van der Waals surface area contributed by atoms with Crippen LogP contribution in [0.15, 0.2) is 63.2 Å². The molecule has 0 spiro atoms. The van der Waals surface area contributed by atoms with Crippen LogP contribution in [0.4, 0.5) is 0 Å². The summed E-state index contributed by atoms with van der Waals surface area (Å²) in [6, 6.07) is 13.6. The van der Waals surface area contributed by atoms with Crippen molar-refractivity contribution in [3.05, 3.63) is 74.9 Å². The van der Waals surface area contributed by atoms with E-state index < -0.39 is 11.2 Å². The third-order valence-corrected chi connectivity index (χ3v) is 3.75. The summed E-state index contributed by atoms with van der Waals surface area (Å²) in [7, 11) is 0. The largest absolute Gasteiger partial charge is 0.508 e. The summed E-state index contributed by atoms with van der Waals surface area (Å²) in [5.41, 5.74) is 1.03. The van der Waals surface area contributed by atoms with Gasteiger partial charge in [0.2, 0.25) is 0 Å². The molecule has 0 unspecified atom stereocenters. The Balaban J connectivity index is 1.90. The standard InChI is InChI=1S/C17H12N4O3/c22-11-7-5-10(6-8-11)9-18-21-16(23)15-14(20-17(21)24)12-3-1-2-4-13(12)19-15/h1-9,19,22H,(H,20,24)/b18-9-. The molecule has 0 saturated carbocycles. The number of H-pyrrole nitrogens is 2. The molecule has 0 bridgehead atoms. The Morgan fingerprint density at radius 1 is 0.958 bits per heavy atom. The number of nitrogens with zero attached hydrogens (tertiary/aromatic N) is 2. The van der Waals surface area contributed by atoms with Gasteiger partial charge in [0.25, 0.3) is 0 Å². The highest BCUT2D eigenvalue weighted by Crippen LogP contribution is 2.19. The van der Waals surface area contributed by atoms with Gasteiger partial charge in [-0.05, 0) is 35.9 Å². The van der Waals surface area contributed by atoms with E-state index in [0.29, 0.717) is 16.6 Å². The quantitative estimate of drug-likeness (QED) is 0.490. The number of hydrogen-bond acceptors (Lipinski definition) is 4. The first kappa shape index (κ1) is 14.0. The van der Waals surface area contributed by atoms with Gasteiger partial charge >= 0.3 is 11.2 Å². The number of nitrogens with one attached hydrogen (secondary N) is 2. The molecule has 0 saturated heterocycles. The lowest BCUT2D eigenvalue weighted by atomic mass is 10.2. The SMILES string of the molecule is O=c1[nH]c2c([nH]c3ccccc32)c(=O)n1/N=C\c1ccc(O)cc1. The van der Waals surface area contributed by atoms with E-state index in [0.717, 1.165) is 15.6 Å². The van der Waals surface area contributed by atoms with E-state index in [9.17, 15) is 14.7 Å². The zero-order valence-electron chi connectivity index (χ0n) is 12.4. The van der Waals surface area contributed by atoms with Gasteiger partial charge in [-0.2, -0.15) is 5.10 Å². The minimum atomic E-state index is -0.618. The van der Waals surface area contributed by atoms with Crippen molar-refractivity contribution in [2.45, 2.75) is 0 Å². The second-order valence-electron chi connectivity index (χ2n) is 5.30. The van der Waals surface area contributed by atoms with E-state index in [1.807, 2.05) is 24.3 Å². The van der Waals surface area contributed by atoms with Crippen molar-refractivity contribution in [3.8, 4) is 5.75 Å². The van der Waals surface area contributed by atoms with Gasteiger partial charge < -0.3 is 15.1 Å². The fraction of sp³-hybridized carbons (Fsp3) is 0. The molecule has 0 radical (unpaired) electrons. The number of benzene rings is 2. The maximum absolute atomic E-state index is 12.6. The van der Waals surface area contributed by atoms with Crippen LogP contribution in [0.2, 0.25) is 0 Å². The average molecular weight is 320 g/mol. The molecule has 7 heteroatoms. The Morgan fingerprint density at radius 3 is 2.50 bits per heavy atom. The van der Waals surface area contributed by atoms with Crippen molar-refractivity contribution in [2.24, 2.45) is 5.10 Å². The van der Waals surface area contributed by atoms with Crippen LogP contribution < -0.4 is 11.2 Å². The van der Waals surface area contributed by atoms with Crippen molar-refractivity contribution in [1.82, 2.24) is 14.6 Å². The summed E-state index contributed by atoms with van der Waals surface area (Å²) in [6.07, 6.45) is 1.38. The van der Waals surface area contributed by atoms with Crippen LogP contribution in [-0.4, -0.2) is 26.0 Å². The summed E-state index contributed by atoms with van der Waals surface area (Å²) in [5.74, 6) is 0.127. The zero-order chi connectivity index (χ0) is 16.7. The lowest BCUT2D eigenvalue weighted by molar-refractivity contribution is 0.475. The van der Waals surface area contributed by atoms with Crippen molar-refractivity contribution in [2.75, 3.05) is 0 Å². The minimum absolute atomic E-state index is 0.127. The topological polar surface area (TPSA) is 103 Å². The van der Waals surface area contributed by atoms with Crippen LogP contribution in [0, 0.1) is 0 Å². The van der Waals surface area contributed by atoms with Crippen LogP contribution in [0.1, 0.15) is 5.56 Å². The Hall–Kier alpha value is -3.61. The van der Waals surface area contributed by atoms with Gasteiger partial charge in [0.05, 0.1) is 11.7 Å². The van der Waals surface area contributed by atoms with Gasteiger partial charge in [-0.15, -0.1) is 4.68 Å². The zero-order valence-corrected chi connectivity index (χ0v) is 12.4. The highest BCUT2D eigenvalue weighted by molar-refractivity contribution is 6.04. The van der Waals surface area contributed by atoms with E-state index in [2.05, 4.69) is 15.1 Å². The monoisotopic (exact) mass is 320 g/mol. The Kier molecular flexibility index (Phi) is 3.06. The number of para-hydroxylation sites is 1. The molecule has 2 aromatic heterocycles. The molecule has 0 atom stereocenters. The highest BCUT2D eigenvalue weighted by atomic mass is 16.3. The summed E-state index contributed by atoms with van der Waals surface area (Å²) >= 11 is 0. The fourth-order valence-corrected chi connectivity index (χ4v) is 2.58. The molecule has 3 N–H and O–H groups in total. The molecular formula is C17H12N4O3. The van der Waals surface area contributed by atoms with E-state index in [-0.39, 0.29) is 5.75 Å². The number of phenolic OH excluding ortho intramolecular Hbond substituents is 1. The predicted molar refractivity (Wildman–Crippen MR) is 91.8 cm³/mol. The van der Waals surface area contributed by atoms with E-state index >= 15 is 0 Å². The highest BCUT2D eigenvalue weighted by Gasteiger charge is 2.11. The lowest BCUT2D eigenvalue weighted by Crippen LogP contribution is -2.32. The first-order valence-electron chi connectivity index (χ1n) is 7.22. The molecule has 0 amide bonds. The summed E-state index contributed by atoms with van der Waals surface area (Å²) in [4.78, 5) is 30.5. The summed E-state index contributed by atoms with van der Waals surface area (Å²) in [6.45, 7) is 0. The molecule has 0 aliphatic rings. The van der Waals surface area contributed by atoms with Crippen molar-refractivity contribution >= 4 is 28.2 Å². The smallest absolute Gasteiger partial charge is 0.350 e. The number of rotatable bonds is 2. The maximum atomic E-state index is 12.6. The molecule has 0 aliphatic carbocycles. The predicted octanol–water partition coefficient (Wildman–Crippen LogP) is 1.76. The fourth-order valence-electron chi connectivity index (χ4n) is 2.58. The van der Waals surface area contributed by atoms with E-state index in [4.69, 9.17) is 0 Å². The lowest BCUT2D eigenvalue weighted by Gasteiger charge is -1.98. The number of phenols is 1. The van der Waals surface area contributed by atoms with Crippen molar-refractivity contribution in [1.29, 1.82) is 0 Å². The Morgan fingerprint density at radius 2 is 1.71 bits per heavy atom. The summed E-state index contributed by atoms with van der Waals surface area (Å²) in [5, 5.41) is 14.0. The first-order valence-corrected chi connectivity index (χ1v) is 7.22. The Labute approximate surface area is 134 Å². The van der Waals surface area contributed by atoms with Crippen LogP contribution in [0.5, 0.6) is 5.75 Å².